The van der Waals surface area contributed by atoms with Gasteiger partial charge in [0.15, 0.2) is 0 Å². The topological polar surface area (TPSA) is 49.8 Å². The number of nitrogens with one attached hydrogen (secondary N) is 2. The smallest absolute Gasteiger partial charge is 0.280 e. The van der Waals surface area contributed by atoms with Crippen LogP contribution in [0.15, 0.2) is 12.4 Å². The zero-order chi connectivity index (χ0) is 11.4. The van der Waals surface area contributed by atoms with E-state index in [0.29, 0.717) is 11.9 Å². The fourth-order valence-corrected chi connectivity index (χ4v) is 1.75. The molecule has 1 aliphatic rings. The average molecular weight is 228 g/mol. The summed E-state index contributed by atoms with van der Waals surface area (Å²) >= 11 is 0. The monoisotopic (exact) mass is 228 g/mol. The minimum atomic E-state index is -2.54. The molecule has 0 amide bonds. The molecule has 1 aromatic heterocycles. The summed E-state index contributed by atoms with van der Waals surface area (Å²) in [6.07, 6.45) is 0.587. The molecule has 1 saturated heterocycles. The lowest BCUT2D eigenvalue weighted by molar-refractivity contribution is 0.146. The molecule has 0 aliphatic carbocycles. The van der Waals surface area contributed by atoms with Gasteiger partial charge in [-0.05, 0) is 25.9 Å². The first-order valence-electron chi connectivity index (χ1n) is 5.33. The van der Waals surface area contributed by atoms with Gasteiger partial charge in [-0.15, -0.1) is 0 Å². The Balaban J connectivity index is 2.00. The van der Waals surface area contributed by atoms with Gasteiger partial charge in [0.2, 0.25) is 0 Å². The number of rotatable bonds is 3. The summed E-state index contributed by atoms with van der Waals surface area (Å²) in [6.45, 7) is 1.90. The Hall–Kier alpha value is -1.30. The molecule has 0 unspecified atom stereocenters. The Morgan fingerprint density at radius 2 is 2.06 bits per heavy atom. The van der Waals surface area contributed by atoms with Crippen LogP contribution in [0.1, 0.15) is 25.0 Å². The van der Waals surface area contributed by atoms with Crippen molar-refractivity contribution in [1.82, 2.24) is 15.3 Å². The molecule has 1 fully saturated rings. The van der Waals surface area contributed by atoms with Crippen LogP contribution >= 0.6 is 0 Å². The number of aromatic nitrogens is 2. The third kappa shape index (κ3) is 2.85. The van der Waals surface area contributed by atoms with Crippen LogP contribution < -0.4 is 10.6 Å². The Kier molecular flexibility index (Phi) is 3.61. The van der Waals surface area contributed by atoms with E-state index >= 15 is 0 Å². The normalized spacial score (nSPS) is 17.7. The van der Waals surface area contributed by atoms with Crippen LogP contribution in [0.5, 0.6) is 0 Å². The van der Waals surface area contributed by atoms with Crippen LogP contribution in [0, 0.1) is 0 Å². The summed E-state index contributed by atoms with van der Waals surface area (Å²) in [5.41, 5.74) is -0.230. The van der Waals surface area contributed by atoms with Crippen molar-refractivity contribution in [3.8, 4) is 0 Å². The van der Waals surface area contributed by atoms with E-state index in [2.05, 4.69) is 20.6 Å². The van der Waals surface area contributed by atoms with E-state index < -0.39 is 6.43 Å². The maximum Gasteiger partial charge on any atom is 0.280 e. The number of hydrogen-bond donors (Lipinski definition) is 2. The summed E-state index contributed by atoms with van der Waals surface area (Å²) < 4.78 is 24.8. The Bertz CT molecular complexity index is 339. The Morgan fingerprint density at radius 3 is 2.75 bits per heavy atom. The fourth-order valence-electron chi connectivity index (χ4n) is 1.75. The zero-order valence-electron chi connectivity index (χ0n) is 8.79. The van der Waals surface area contributed by atoms with Gasteiger partial charge >= 0.3 is 0 Å². The molecule has 0 radical (unpaired) electrons. The molecule has 0 bridgehead atoms. The molecular weight excluding hydrogens is 214 g/mol. The summed E-state index contributed by atoms with van der Waals surface area (Å²) in [4.78, 5) is 7.46. The van der Waals surface area contributed by atoms with Gasteiger partial charge in [-0.25, -0.2) is 18.7 Å². The Labute approximate surface area is 92.5 Å². The van der Waals surface area contributed by atoms with Gasteiger partial charge in [0.05, 0.1) is 0 Å². The maximum atomic E-state index is 12.4. The summed E-state index contributed by atoms with van der Waals surface area (Å²) in [5, 5.41) is 6.39. The van der Waals surface area contributed by atoms with Crippen molar-refractivity contribution in [2.45, 2.75) is 25.3 Å². The van der Waals surface area contributed by atoms with Crippen LogP contribution in [0.25, 0.3) is 0 Å². The number of anilines is 1. The van der Waals surface area contributed by atoms with Crippen LogP contribution in [0.2, 0.25) is 0 Å². The molecule has 2 rings (SSSR count). The van der Waals surface area contributed by atoms with Crippen molar-refractivity contribution in [3.63, 3.8) is 0 Å². The largest absolute Gasteiger partial charge is 0.367 e. The molecule has 1 aromatic rings. The summed E-state index contributed by atoms with van der Waals surface area (Å²) in [6, 6.07) is 1.62. The molecule has 4 nitrogen and oxygen atoms in total. The number of alkyl halides is 2. The predicted molar refractivity (Wildman–Crippen MR) is 56.5 cm³/mol. The highest BCUT2D eigenvalue weighted by Crippen LogP contribution is 2.18. The summed E-state index contributed by atoms with van der Waals surface area (Å²) in [5.74, 6) is 0.484. The van der Waals surface area contributed by atoms with Gasteiger partial charge in [-0.1, -0.05) is 0 Å². The van der Waals surface area contributed by atoms with Crippen molar-refractivity contribution in [1.29, 1.82) is 0 Å². The second-order valence-electron chi connectivity index (χ2n) is 3.80. The minimum Gasteiger partial charge on any atom is -0.367 e. The molecule has 0 atom stereocenters. The van der Waals surface area contributed by atoms with E-state index in [1.807, 2.05) is 0 Å². The maximum absolute atomic E-state index is 12.4. The molecule has 0 spiro atoms. The molecule has 88 valence electrons. The zero-order valence-corrected chi connectivity index (χ0v) is 8.79. The van der Waals surface area contributed by atoms with Gasteiger partial charge in [0.1, 0.15) is 17.8 Å². The first kappa shape index (κ1) is 11.2. The van der Waals surface area contributed by atoms with Crippen LogP contribution in [0.3, 0.4) is 0 Å². The van der Waals surface area contributed by atoms with Crippen LogP contribution in [0.4, 0.5) is 14.6 Å². The quantitative estimate of drug-likeness (QED) is 0.824. The van der Waals surface area contributed by atoms with Gasteiger partial charge in [-0.3, -0.25) is 0 Å². The average Bonchev–Trinajstić information content (AvgIpc) is 2.30. The molecule has 2 heterocycles. The lowest BCUT2D eigenvalue weighted by Crippen LogP contribution is -2.35. The number of piperidine rings is 1. The van der Waals surface area contributed by atoms with E-state index in [1.54, 1.807) is 0 Å². The lowest BCUT2D eigenvalue weighted by atomic mass is 10.1. The van der Waals surface area contributed by atoms with Crippen molar-refractivity contribution in [2.75, 3.05) is 18.4 Å². The fraction of sp³-hybridized carbons (Fsp3) is 0.600. The number of nitrogens with zero attached hydrogens (tertiary/aromatic N) is 2. The van der Waals surface area contributed by atoms with Crippen molar-refractivity contribution in [2.24, 2.45) is 0 Å². The standard InChI is InChI=1S/C10H14F2N4/c11-10(12)8-5-9(15-6-14-8)16-7-1-3-13-4-2-7/h5-7,10,13H,1-4H2,(H,14,15,16). The van der Waals surface area contributed by atoms with Crippen molar-refractivity contribution >= 4 is 5.82 Å². The molecule has 6 heteroatoms. The number of hydrogen-bond acceptors (Lipinski definition) is 4. The van der Waals surface area contributed by atoms with Gasteiger partial charge in [0.25, 0.3) is 6.43 Å². The first-order valence-corrected chi connectivity index (χ1v) is 5.33. The van der Waals surface area contributed by atoms with E-state index in [4.69, 9.17) is 0 Å². The molecule has 0 aromatic carbocycles. The molecule has 1 aliphatic heterocycles. The highest BCUT2D eigenvalue weighted by Gasteiger charge is 2.14. The highest BCUT2D eigenvalue weighted by molar-refractivity contribution is 5.36. The molecule has 2 N–H and O–H groups in total. The van der Waals surface area contributed by atoms with Gasteiger partial charge in [0, 0.05) is 12.1 Å². The molecule has 16 heavy (non-hydrogen) atoms. The summed E-state index contributed by atoms with van der Waals surface area (Å²) in [7, 11) is 0. The van der Waals surface area contributed by atoms with Gasteiger partial charge in [-0.2, -0.15) is 0 Å². The van der Waals surface area contributed by atoms with Crippen molar-refractivity contribution in [3.05, 3.63) is 18.1 Å². The third-order valence-corrected chi connectivity index (χ3v) is 2.60. The van der Waals surface area contributed by atoms with Crippen molar-refractivity contribution < 1.29 is 8.78 Å². The van der Waals surface area contributed by atoms with Gasteiger partial charge < -0.3 is 10.6 Å². The predicted octanol–water partition coefficient (Wildman–Crippen LogP) is 1.58. The van der Waals surface area contributed by atoms with E-state index in [1.165, 1.54) is 12.4 Å². The Morgan fingerprint density at radius 1 is 1.31 bits per heavy atom. The minimum absolute atomic E-state index is 0.230. The second-order valence-corrected chi connectivity index (χ2v) is 3.80. The van der Waals surface area contributed by atoms with E-state index in [-0.39, 0.29) is 5.69 Å². The SMILES string of the molecule is FC(F)c1cc(NC2CCNCC2)ncn1. The van der Waals surface area contributed by atoms with Crippen LogP contribution in [-0.2, 0) is 0 Å². The van der Waals surface area contributed by atoms with E-state index in [0.717, 1.165) is 25.9 Å². The van der Waals surface area contributed by atoms with E-state index in [9.17, 15) is 8.78 Å². The lowest BCUT2D eigenvalue weighted by Gasteiger charge is -2.24. The first-order chi connectivity index (χ1) is 7.75. The highest BCUT2D eigenvalue weighted by atomic mass is 19.3. The molecular formula is C10H14F2N4. The molecule has 0 saturated carbocycles. The third-order valence-electron chi connectivity index (χ3n) is 2.60. The number of halogens is 2. The van der Waals surface area contributed by atoms with Crippen LogP contribution in [-0.4, -0.2) is 29.1 Å². The second kappa shape index (κ2) is 5.16.